The van der Waals surface area contributed by atoms with Crippen LogP contribution in [0.4, 0.5) is 5.82 Å². The van der Waals surface area contributed by atoms with Gasteiger partial charge in [-0.1, -0.05) is 75.6 Å². The number of aromatic nitrogens is 2. The van der Waals surface area contributed by atoms with Gasteiger partial charge in [-0.15, -0.1) is 0 Å². The average molecular weight is 432 g/mol. The zero-order valence-corrected chi connectivity index (χ0v) is 19.4. The van der Waals surface area contributed by atoms with Crippen molar-refractivity contribution in [1.82, 2.24) is 9.97 Å². The Bertz CT molecular complexity index is 942. The Morgan fingerprint density at radius 2 is 1.59 bits per heavy atom. The predicted molar refractivity (Wildman–Crippen MR) is 130 cm³/mol. The molecule has 2 aromatic rings. The first kappa shape index (κ1) is 21.6. The van der Waals surface area contributed by atoms with E-state index in [-0.39, 0.29) is 5.91 Å². The number of carbonyl (C=O) groups is 1. The Morgan fingerprint density at radius 1 is 0.875 bits per heavy atom. The molecule has 170 valence electrons. The van der Waals surface area contributed by atoms with Crippen molar-refractivity contribution in [1.29, 1.82) is 0 Å². The van der Waals surface area contributed by atoms with Crippen LogP contribution in [0.5, 0.6) is 0 Å². The highest BCUT2D eigenvalue weighted by Gasteiger charge is 2.24. The molecule has 1 aromatic carbocycles. The molecule has 0 unspecified atom stereocenters. The van der Waals surface area contributed by atoms with Crippen LogP contribution in [0.3, 0.4) is 0 Å². The molecular weight excluding hydrogens is 394 g/mol. The zero-order valence-electron chi connectivity index (χ0n) is 19.4. The summed E-state index contributed by atoms with van der Waals surface area (Å²) in [6.07, 6.45) is 17.6. The molecule has 0 atom stereocenters. The SMILES string of the molecule is O=C(CC1CCCCC1)Nc1nc2c(nc1CCC1CCCCC1)-c1ccccc1CC2. The lowest BCUT2D eigenvalue weighted by Gasteiger charge is -2.24. The fourth-order valence-electron chi connectivity index (χ4n) is 6.04. The van der Waals surface area contributed by atoms with E-state index in [1.165, 1.54) is 75.3 Å². The number of fused-ring (bicyclic) bond motifs is 3. The molecule has 0 spiro atoms. The molecule has 4 nitrogen and oxygen atoms in total. The Morgan fingerprint density at radius 3 is 2.38 bits per heavy atom. The van der Waals surface area contributed by atoms with Crippen LogP contribution in [0, 0.1) is 11.8 Å². The van der Waals surface area contributed by atoms with Gasteiger partial charge in [0.15, 0.2) is 5.82 Å². The lowest BCUT2D eigenvalue weighted by atomic mass is 9.85. The number of nitrogens with zero attached hydrogens (tertiary/aromatic N) is 2. The first-order valence-corrected chi connectivity index (χ1v) is 13.0. The summed E-state index contributed by atoms with van der Waals surface area (Å²) in [6, 6.07) is 8.59. The summed E-state index contributed by atoms with van der Waals surface area (Å²) in [6.45, 7) is 0. The minimum Gasteiger partial charge on any atom is -0.309 e. The maximum atomic E-state index is 12.9. The van der Waals surface area contributed by atoms with Crippen molar-refractivity contribution >= 4 is 11.7 Å². The van der Waals surface area contributed by atoms with E-state index in [9.17, 15) is 4.79 Å². The highest BCUT2D eigenvalue weighted by atomic mass is 16.1. The van der Waals surface area contributed by atoms with Gasteiger partial charge in [-0.25, -0.2) is 9.97 Å². The van der Waals surface area contributed by atoms with E-state index in [2.05, 4.69) is 29.6 Å². The van der Waals surface area contributed by atoms with Gasteiger partial charge >= 0.3 is 0 Å². The van der Waals surface area contributed by atoms with Gasteiger partial charge in [0, 0.05) is 12.0 Å². The number of hydrogen-bond acceptors (Lipinski definition) is 3. The minimum absolute atomic E-state index is 0.126. The van der Waals surface area contributed by atoms with E-state index in [4.69, 9.17) is 9.97 Å². The van der Waals surface area contributed by atoms with Gasteiger partial charge in [0.05, 0.1) is 17.1 Å². The van der Waals surface area contributed by atoms with Crippen molar-refractivity contribution in [3.8, 4) is 11.3 Å². The third-order valence-electron chi connectivity index (χ3n) is 7.91. The van der Waals surface area contributed by atoms with Crippen molar-refractivity contribution in [3.05, 3.63) is 41.2 Å². The predicted octanol–water partition coefficient (Wildman–Crippen LogP) is 6.66. The Balaban J connectivity index is 1.38. The molecule has 1 N–H and O–H groups in total. The maximum Gasteiger partial charge on any atom is 0.225 e. The first-order valence-electron chi connectivity index (χ1n) is 13.0. The highest BCUT2D eigenvalue weighted by molar-refractivity contribution is 5.90. The van der Waals surface area contributed by atoms with E-state index in [0.717, 1.165) is 54.5 Å². The fourth-order valence-corrected chi connectivity index (χ4v) is 6.04. The lowest BCUT2D eigenvalue weighted by Crippen LogP contribution is -2.22. The number of nitrogens with one attached hydrogen (secondary N) is 1. The summed E-state index contributed by atoms with van der Waals surface area (Å²) in [5.41, 5.74) is 5.65. The molecule has 2 saturated carbocycles. The Hall–Kier alpha value is -2.23. The van der Waals surface area contributed by atoms with Gasteiger partial charge in [0.2, 0.25) is 5.91 Å². The molecule has 5 rings (SSSR count). The van der Waals surface area contributed by atoms with E-state index < -0.39 is 0 Å². The molecule has 1 aromatic heterocycles. The second-order valence-corrected chi connectivity index (χ2v) is 10.3. The van der Waals surface area contributed by atoms with Crippen LogP contribution in [0.1, 0.15) is 94.0 Å². The number of anilines is 1. The second-order valence-electron chi connectivity index (χ2n) is 10.3. The van der Waals surface area contributed by atoms with E-state index >= 15 is 0 Å². The number of rotatable bonds is 6. The van der Waals surface area contributed by atoms with Crippen molar-refractivity contribution in [2.75, 3.05) is 5.32 Å². The molecule has 32 heavy (non-hydrogen) atoms. The molecule has 0 bridgehead atoms. The van der Waals surface area contributed by atoms with Crippen LogP contribution in [0.25, 0.3) is 11.3 Å². The lowest BCUT2D eigenvalue weighted by molar-refractivity contribution is -0.117. The smallest absolute Gasteiger partial charge is 0.225 e. The van der Waals surface area contributed by atoms with Crippen molar-refractivity contribution < 1.29 is 4.79 Å². The van der Waals surface area contributed by atoms with Crippen LogP contribution in [-0.4, -0.2) is 15.9 Å². The third kappa shape index (κ3) is 5.05. The normalized spacial score (nSPS) is 19.2. The summed E-state index contributed by atoms with van der Waals surface area (Å²) in [5, 5.41) is 3.21. The molecule has 3 aliphatic carbocycles. The zero-order chi connectivity index (χ0) is 21.8. The summed E-state index contributed by atoms with van der Waals surface area (Å²) in [7, 11) is 0. The van der Waals surface area contributed by atoms with Gasteiger partial charge in [-0.3, -0.25) is 4.79 Å². The number of aryl methyl sites for hydroxylation is 3. The van der Waals surface area contributed by atoms with Gasteiger partial charge in [-0.2, -0.15) is 0 Å². The summed E-state index contributed by atoms with van der Waals surface area (Å²) >= 11 is 0. The van der Waals surface area contributed by atoms with Crippen LogP contribution in [-0.2, 0) is 24.1 Å². The van der Waals surface area contributed by atoms with Gasteiger partial charge in [0.1, 0.15) is 0 Å². The maximum absolute atomic E-state index is 12.9. The highest BCUT2D eigenvalue weighted by Crippen LogP contribution is 2.34. The van der Waals surface area contributed by atoms with Crippen LogP contribution in [0.2, 0.25) is 0 Å². The average Bonchev–Trinajstić information content (AvgIpc) is 2.84. The quantitative estimate of drug-likeness (QED) is 0.556. The molecule has 1 amide bonds. The van der Waals surface area contributed by atoms with Crippen molar-refractivity contribution in [2.45, 2.75) is 96.3 Å². The summed E-state index contributed by atoms with van der Waals surface area (Å²) < 4.78 is 0. The molecular formula is C28H37N3O. The Kier molecular flexibility index (Phi) is 6.85. The first-order chi connectivity index (χ1) is 15.8. The second kappa shape index (κ2) is 10.1. The molecule has 4 heteroatoms. The van der Waals surface area contributed by atoms with E-state index in [0.29, 0.717) is 12.3 Å². The third-order valence-corrected chi connectivity index (χ3v) is 7.91. The van der Waals surface area contributed by atoms with Crippen molar-refractivity contribution in [2.24, 2.45) is 11.8 Å². The van der Waals surface area contributed by atoms with E-state index in [1.807, 2.05) is 0 Å². The van der Waals surface area contributed by atoms with E-state index in [1.54, 1.807) is 0 Å². The number of amides is 1. The standard InChI is InChI=1S/C28H37N3O/c32-26(19-21-11-5-2-6-12-21)31-28-25(17-15-20-9-3-1-4-10-20)29-27-23-14-8-7-13-22(23)16-18-24(27)30-28/h7-8,13-14,20-21H,1-6,9-12,15-19H2,(H,30,31,32). The van der Waals surface area contributed by atoms with Gasteiger partial charge < -0.3 is 5.32 Å². The number of carbonyl (C=O) groups excluding carboxylic acids is 1. The molecule has 0 aliphatic heterocycles. The van der Waals surface area contributed by atoms with Gasteiger partial charge in [-0.05, 0) is 55.9 Å². The topological polar surface area (TPSA) is 54.9 Å². The van der Waals surface area contributed by atoms with Crippen LogP contribution < -0.4 is 5.32 Å². The van der Waals surface area contributed by atoms with Crippen LogP contribution in [0.15, 0.2) is 24.3 Å². The summed E-state index contributed by atoms with van der Waals surface area (Å²) in [4.78, 5) is 23.1. The van der Waals surface area contributed by atoms with Gasteiger partial charge in [0.25, 0.3) is 0 Å². The van der Waals surface area contributed by atoms with Crippen LogP contribution >= 0.6 is 0 Å². The summed E-state index contributed by atoms with van der Waals surface area (Å²) in [5.74, 6) is 2.19. The molecule has 0 radical (unpaired) electrons. The fraction of sp³-hybridized carbons (Fsp3) is 0.607. The molecule has 2 fully saturated rings. The molecule has 0 saturated heterocycles. The number of benzene rings is 1. The molecule has 1 heterocycles. The monoisotopic (exact) mass is 431 g/mol. The number of hydrogen-bond donors (Lipinski definition) is 1. The Labute approximate surface area is 192 Å². The minimum atomic E-state index is 0.126. The van der Waals surface area contributed by atoms with Crippen molar-refractivity contribution in [3.63, 3.8) is 0 Å². The molecule has 3 aliphatic rings. The largest absolute Gasteiger partial charge is 0.309 e.